The molecule has 21 heavy (non-hydrogen) atoms. The Morgan fingerprint density at radius 1 is 1.05 bits per heavy atom. The second-order valence-electron chi connectivity index (χ2n) is 3.75. The normalized spacial score (nSPS) is 9.33. The van der Waals surface area contributed by atoms with Crippen molar-refractivity contribution in [3.63, 3.8) is 0 Å². The molecule has 0 heterocycles. The standard InChI is InChI=1S/C11H16N6S.ClH.2H2O/c1-17(2)9(18)7-3-5-8(6-4-7)15-11(14)16-10(12)13;;;/h3-6H,1-2H3,(H6,12,13,14,15,16);1H;2*1H2. The molecule has 0 unspecified atom stereocenters. The highest BCUT2D eigenvalue weighted by molar-refractivity contribution is 7.80. The van der Waals surface area contributed by atoms with E-state index in [0.717, 1.165) is 10.6 Å². The van der Waals surface area contributed by atoms with E-state index in [1.807, 2.05) is 31.1 Å². The molecule has 8 nitrogen and oxygen atoms in total. The summed E-state index contributed by atoms with van der Waals surface area (Å²) in [5, 5.41) is 0. The summed E-state index contributed by atoms with van der Waals surface area (Å²) in [5.41, 5.74) is 17.5. The van der Waals surface area contributed by atoms with Crippen LogP contribution in [0.2, 0.25) is 0 Å². The maximum atomic E-state index is 5.52. The van der Waals surface area contributed by atoms with Crippen LogP contribution >= 0.6 is 24.6 Å². The van der Waals surface area contributed by atoms with E-state index in [-0.39, 0.29) is 35.3 Å². The highest BCUT2D eigenvalue weighted by atomic mass is 35.5. The van der Waals surface area contributed by atoms with E-state index in [9.17, 15) is 0 Å². The van der Waals surface area contributed by atoms with Crippen molar-refractivity contribution in [1.82, 2.24) is 4.90 Å². The zero-order valence-electron chi connectivity index (χ0n) is 11.7. The van der Waals surface area contributed by atoms with Crippen LogP contribution < -0.4 is 17.2 Å². The summed E-state index contributed by atoms with van der Waals surface area (Å²) in [6, 6.07) is 7.31. The Hall–Kier alpha value is -1.94. The number of guanidine groups is 2. The van der Waals surface area contributed by atoms with Crippen molar-refractivity contribution in [3.8, 4) is 0 Å². The molecule has 0 bridgehead atoms. The number of thiocarbonyl (C=S) groups is 1. The monoisotopic (exact) mass is 336 g/mol. The topological polar surface area (TPSA) is 169 Å². The van der Waals surface area contributed by atoms with Gasteiger partial charge in [0.25, 0.3) is 0 Å². The van der Waals surface area contributed by atoms with Gasteiger partial charge in [0, 0.05) is 19.7 Å². The van der Waals surface area contributed by atoms with Crippen LogP contribution in [0.4, 0.5) is 5.69 Å². The maximum absolute atomic E-state index is 5.52. The number of nitrogens with zero attached hydrogens (tertiary/aromatic N) is 3. The summed E-state index contributed by atoms with van der Waals surface area (Å²) >= 11 is 5.24. The average molecular weight is 337 g/mol. The lowest BCUT2D eigenvalue weighted by atomic mass is 10.2. The van der Waals surface area contributed by atoms with Crippen molar-refractivity contribution in [3.05, 3.63) is 29.8 Å². The Balaban J connectivity index is -0.00000108. The van der Waals surface area contributed by atoms with Gasteiger partial charge >= 0.3 is 0 Å². The van der Waals surface area contributed by atoms with E-state index in [2.05, 4.69) is 9.98 Å². The third-order valence-corrected chi connectivity index (χ3v) is 2.61. The molecule has 0 aliphatic carbocycles. The van der Waals surface area contributed by atoms with Gasteiger partial charge in [-0.1, -0.05) is 12.2 Å². The molecule has 1 aromatic rings. The van der Waals surface area contributed by atoms with Gasteiger partial charge in [0.2, 0.25) is 5.96 Å². The van der Waals surface area contributed by atoms with Crippen LogP contribution in [0.5, 0.6) is 0 Å². The van der Waals surface area contributed by atoms with E-state index < -0.39 is 0 Å². The number of aliphatic imine (C=N–C) groups is 2. The van der Waals surface area contributed by atoms with Crippen LogP contribution in [-0.4, -0.2) is 46.9 Å². The summed E-state index contributed by atoms with van der Waals surface area (Å²) in [4.78, 5) is 10.3. The van der Waals surface area contributed by atoms with Gasteiger partial charge in [0.1, 0.15) is 4.99 Å². The van der Waals surface area contributed by atoms with E-state index in [1.54, 1.807) is 12.1 Å². The third-order valence-electron chi connectivity index (χ3n) is 2.01. The molecule has 1 aromatic carbocycles. The van der Waals surface area contributed by atoms with Crippen LogP contribution in [0.1, 0.15) is 5.56 Å². The van der Waals surface area contributed by atoms with Crippen LogP contribution in [0, 0.1) is 0 Å². The van der Waals surface area contributed by atoms with Crippen LogP contribution in [0.25, 0.3) is 0 Å². The average Bonchev–Trinajstić information content (AvgIpc) is 2.27. The summed E-state index contributed by atoms with van der Waals surface area (Å²) in [5.74, 6) is -0.111. The van der Waals surface area contributed by atoms with Crippen molar-refractivity contribution >= 4 is 47.2 Å². The lowest BCUT2D eigenvalue weighted by Gasteiger charge is -2.13. The molecule has 10 N–H and O–H groups in total. The summed E-state index contributed by atoms with van der Waals surface area (Å²) < 4.78 is 0. The molecule has 0 aliphatic rings. The minimum Gasteiger partial charge on any atom is -0.412 e. The molecular formula is C11H21ClN6O2S. The SMILES string of the molecule is CN(C)C(=S)c1ccc(N=C(N)N=C(N)N)cc1.Cl.O.O. The van der Waals surface area contributed by atoms with Gasteiger partial charge in [-0.2, -0.15) is 4.99 Å². The Morgan fingerprint density at radius 3 is 1.90 bits per heavy atom. The van der Waals surface area contributed by atoms with Gasteiger partial charge in [-0.05, 0) is 24.3 Å². The Labute approximate surface area is 134 Å². The fraction of sp³-hybridized carbons (Fsp3) is 0.182. The van der Waals surface area contributed by atoms with Crippen molar-refractivity contribution < 1.29 is 11.0 Å². The molecule has 0 atom stereocenters. The van der Waals surface area contributed by atoms with Gasteiger partial charge in [0.05, 0.1) is 5.69 Å². The fourth-order valence-electron chi connectivity index (χ4n) is 1.23. The Kier molecular flexibility index (Phi) is 12.4. The van der Waals surface area contributed by atoms with Crippen molar-refractivity contribution in [2.75, 3.05) is 14.1 Å². The molecule has 0 aliphatic heterocycles. The predicted octanol–water partition coefficient (Wildman–Crippen LogP) is -1.08. The lowest BCUT2D eigenvalue weighted by molar-refractivity contribution is 0.636. The van der Waals surface area contributed by atoms with Gasteiger partial charge in [0.15, 0.2) is 5.96 Å². The summed E-state index contributed by atoms with van der Waals surface area (Å²) in [6.07, 6.45) is 0. The van der Waals surface area contributed by atoms with Crippen LogP contribution in [0.15, 0.2) is 34.3 Å². The molecule has 0 fully saturated rings. The van der Waals surface area contributed by atoms with Crippen LogP contribution in [0.3, 0.4) is 0 Å². The summed E-state index contributed by atoms with van der Waals surface area (Å²) in [7, 11) is 3.79. The lowest BCUT2D eigenvalue weighted by Crippen LogP contribution is -2.26. The number of hydrogen-bond donors (Lipinski definition) is 3. The molecule has 0 radical (unpaired) electrons. The van der Waals surface area contributed by atoms with E-state index in [4.69, 9.17) is 29.4 Å². The zero-order chi connectivity index (χ0) is 13.7. The molecule has 120 valence electrons. The molecule has 0 spiro atoms. The summed E-state index contributed by atoms with van der Waals surface area (Å²) in [6.45, 7) is 0. The fourth-order valence-corrected chi connectivity index (χ4v) is 1.36. The van der Waals surface area contributed by atoms with Crippen molar-refractivity contribution in [2.24, 2.45) is 27.2 Å². The quantitative estimate of drug-likeness (QED) is 0.353. The Morgan fingerprint density at radius 2 is 1.52 bits per heavy atom. The minimum absolute atomic E-state index is 0. The first-order valence-corrected chi connectivity index (χ1v) is 5.56. The maximum Gasteiger partial charge on any atom is 0.223 e. The van der Waals surface area contributed by atoms with Gasteiger partial charge < -0.3 is 33.1 Å². The third kappa shape index (κ3) is 8.05. The van der Waals surface area contributed by atoms with Crippen molar-refractivity contribution in [2.45, 2.75) is 0 Å². The molecular weight excluding hydrogens is 316 g/mol. The van der Waals surface area contributed by atoms with Crippen molar-refractivity contribution in [1.29, 1.82) is 0 Å². The van der Waals surface area contributed by atoms with E-state index >= 15 is 0 Å². The van der Waals surface area contributed by atoms with Gasteiger partial charge in [-0.3, -0.25) is 0 Å². The minimum atomic E-state index is -0.123. The molecule has 0 saturated heterocycles. The zero-order valence-corrected chi connectivity index (χ0v) is 13.3. The van der Waals surface area contributed by atoms with E-state index in [0.29, 0.717) is 5.69 Å². The molecule has 1 rings (SSSR count). The molecule has 0 saturated carbocycles. The number of halogens is 1. The van der Waals surface area contributed by atoms with Gasteiger partial charge in [-0.25, -0.2) is 4.99 Å². The van der Waals surface area contributed by atoms with Crippen LogP contribution in [-0.2, 0) is 0 Å². The smallest absolute Gasteiger partial charge is 0.223 e. The Bertz CT molecular complexity index is 500. The highest BCUT2D eigenvalue weighted by Crippen LogP contribution is 2.14. The second-order valence-corrected chi connectivity index (χ2v) is 4.14. The highest BCUT2D eigenvalue weighted by Gasteiger charge is 2.02. The molecule has 0 amide bonds. The number of rotatable bonds is 2. The number of hydrogen-bond acceptors (Lipinski definition) is 2. The first-order chi connectivity index (χ1) is 8.40. The first-order valence-electron chi connectivity index (χ1n) is 5.15. The molecule has 0 aromatic heterocycles. The predicted molar refractivity (Wildman–Crippen MR) is 93.4 cm³/mol. The first kappa shape index (κ1) is 24.1. The van der Waals surface area contributed by atoms with E-state index in [1.165, 1.54) is 0 Å². The number of benzene rings is 1. The second kappa shape index (κ2) is 10.8. The molecule has 10 heteroatoms. The largest absolute Gasteiger partial charge is 0.412 e. The van der Waals surface area contributed by atoms with Gasteiger partial charge in [-0.15, -0.1) is 12.4 Å². The number of nitrogens with two attached hydrogens (primary N) is 3.